The Morgan fingerprint density at radius 1 is 0.923 bits per heavy atom. The zero-order valence-electron chi connectivity index (χ0n) is 14.8. The van der Waals surface area contributed by atoms with Gasteiger partial charge in [-0.3, -0.25) is 0 Å². The second kappa shape index (κ2) is 8.95. The number of hydrogen-bond acceptors (Lipinski definition) is 4. The molecule has 0 aliphatic carbocycles. The molecule has 0 saturated heterocycles. The van der Waals surface area contributed by atoms with Crippen LogP contribution >= 0.6 is 23.2 Å². The Labute approximate surface area is 164 Å². The number of sulfonamides is 1. The van der Waals surface area contributed by atoms with Gasteiger partial charge in [0.25, 0.3) is 0 Å². The van der Waals surface area contributed by atoms with E-state index in [1.807, 2.05) is 6.07 Å². The van der Waals surface area contributed by atoms with Crippen LogP contribution in [0.1, 0.15) is 18.1 Å². The predicted molar refractivity (Wildman–Crippen MR) is 105 cm³/mol. The number of halogens is 2. The van der Waals surface area contributed by atoms with Crippen LogP contribution in [0.15, 0.2) is 36.4 Å². The van der Waals surface area contributed by atoms with Crippen molar-refractivity contribution in [2.75, 3.05) is 20.8 Å². The Balaban J connectivity index is 2.22. The van der Waals surface area contributed by atoms with E-state index in [1.54, 1.807) is 51.5 Å². The fourth-order valence-electron chi connectivity index (χ4n) is 2.52. The Morgan fingerprint density at radius 3 is 2.15 bits per heavy atom. The number of methoxy groups -OCH3 is 2. The molecule has 0 N–H and O–H groups in total. The molecule has 0 spiro atoms. The predicted octanol–water partition coefficient (Wildman–Crippen LogP) is 4.36. The highest BCUT2D eigenvalue weighted by Gasteiger charge is 2.22. The van der Waals surface area contributed by atoms with Crippen LogP contribution in [-0.2, 0) is 22.3 Å². The summed E-state index contributed by atoms with van der Waals surface area (Å²) in [5, 5.41) is 0.729. The molecule has 2 aromatic rings. The van der Waals surface area contributed by atoms with Crippen molar-refractivity contribution in [3.05, 3.63) is 57.6 Å². The van der Waals surface area contributed by atoms with Gasteiger partial charge in [-0.2, -0.15) is 4.31 Å². The largest absolute Gasteiger partial charge is 0.493 e. The second-order valence-corrected chi connectivity index (χ2v) is 8.40. The second-order valence-electron chi connectivity index (χ2n) is 5.62. The molecule has 2 rings (SSSR count). The molecule has 0 fully saturated rings. The van der Waals surface area contributed by atoms with E-state index in [0.29, 0.717) is 33.7 Å². The van der Waals surface area contributed by atoms with Crippen molar-refractivity contribution in [1.82, 2.24) is 4.31 Å². The molecule has 0 amide bonds. The van der Waals surface area contributed by atoms with Crippen molar-refractivity contribution in [3.8, 4) is 11.5 Å². The number of rotatable bonds is 8. The van der Waals surface area contributed by atoms with Crippen molar-refractivity contribution in [1.29, 1.82) is 0 Å². The lowest BCUT2D eigenvalue weighted by molar-refractivity contribution is 0.353. The van der Waals surface area contributed by atoms with Crippen molar-refractivity contribution in [2.24, 2.45) is 0 Å². The molecule has 8 heteroatoms. The van der Waals surface area contributed by atoms with E-state index in [2.05, 4.69) is 0 Å². The van der Waals surface area contributed by atoms with Gasteiger partial charge in [-0.15, -0.1) is 0 Å². The minimum Gasteiger partial charge on any atom is -0.493 e. The topological polar surface area (TPSA) is 55.8 Å². The first-order valence-corrected chi connectivity index (χ1v) is 10.3. The van der Waals surface area contributed by atoms with Gasteiger partial charge in [0.15, 0.2) is 11.5 Å². The molecule has 142 valence electrons. The summed E-state index contributed by atoms with van der Waals surface area (Å²) < 4.78 is 37.5. The Kier molecular flexibility index (Phi) is 7.17. The van der Waals surface area contributed by atoms with Crippen LogP contribution in [0.4, 0.5) is 0 Å². The standard InChI is InChI=1S/C18H21Cl2NO4S/c1-4-21(11-13-6-8-17(24-2)18(10-13)25-3)26(22,23)12-14-5-7-15(19)16(20)9-14/h5-10H,4,11-12H2,1-3H3. The number of benzene rings is 2. The third-order valence-corrected chi connectivity index (χ3v) is 6.50. The molecule has 0 bridgehead atoms. The van der Waals surface area contributed by atoms with E-state index in [0.717, 1.165) is 5.56 Å². The van der Waals surface area contributed by atoms with Crippen LogP contribution in [-0.4, -0.2) is 33.5 Å². The molecular formula is C18H21Cl2NO4S. The van der Waals surface area contributed by atoms with Gasteiger partial charge >= 0.3 is 0 Å². The highest BCUT2D eigenvalue weighted by molar-refractivity contribution is 7.88. The summed E-state index contributed by atoms with van der Waals surface area (Å²) in [6, 6.07) is 10.2. The molecule has 0 heterocycles. The van der Waals surface area contributed by atoms with Crippen LogP contribution < -0.4 is 9.47 Å². The first kappa shape index (κ1) is 20.8. The van der Waals surface area contributed by atoms with Crippen LogP contribution in [0.3, 0.4) is 0 Å². The molecule has 0 aliphatic heterocycles. The van der Waals surface area contributed by atoms with E-state index in [4.69, 9.17) is 32.7 Å². The number of hydrogen-bond donors (Lipinski definition) is 0. The molecule has 5 nitrogen and oxygen atoms in total. The smallest absolute Gasteiger partial charge is 0.218 e. The van der Waals surface area contributed by atoms with Gasteiger partial charge in [0.2, 0.25) is 10.0 Å². The lowest BCUT2D eigenvalue weighted by Gasteiger charge is -2.21. The van der Waals surface area contributed by atoms with E-state index >= 15 is 0 Å². The van der Waals surface area contributed by atoms with Gasteiger partial charge in [-0.1, -0.05) is 42.3 Å². The molecule has 0 radical (unpaired) electrons. The van der Waals surface area contributed by atoms with Crippen molar-refractivity contribution in [3.63, 3.8) is 0 Å². The monoisotopic (exact) mass is 417 g/mol. The highest BCUT2D eigenvalue weighted by Crippen LogP contribution is 2.29. The van der Waals surface area contributed by atoms with Crippen LogP contribution in [0.5, 0.6) is 11.5 Å². The quantitative estimate of drug-likeness (QED) is 0.639. The third kappa shape index (κ3) is 5.04. The van der Waals surface area contributed by atoms with E-state index in [9.17, 15) is 8.42 Å². The first-order chi connectivity index (χ1) is 12.3. The summed E-state index contributed by atoms with van der Waals surface area (Å²) in [5.74, 6) is 1.01. The van der Waals surface area contributed by atoms with Gasteiger partial charge in [0.05, 0.1) is 30.0 Å². The van der Waals surface area contributed by atoms with Gasteiger partial charge in [-0.25, -0.2) is 8.42 Å². The van der Waals surface area contributed by atoms with Crippen molar-refractivity contribution < 1.29 is 17.9 Å². The Bertz CT molecular complexity index is 871. The van der Waals surface area contributed by atoms with Crippen molar-refractivity contribution in [2.45, 2.75) is 19.2 Å². The minimum absolute atomic E-state index is 0.148. The maximum absolute atomic E-state index is 12.8. The fourth-order valence-corrected chi connectivity index (χ4v) is 4.36. The minimum atomic E-state index is -3.53. The normalized spacial score (nSPS) is 11.6. The lowest BCUT2D eigenvalue weighted by atomic mass is 10.2. The number of nitrogens with zero attached hydrogens (tertiary/aromatic N) is 1. The summed E-state index contributed by atoms with van der Waals surface area (Å²) in [6.45, 7) is 2.38. The lowest BCUT2D eigenvalue weighted by Crippen LogP contribution is -2.31. The highest BCUT2D eigenvalue weighted by atomic mass is 35.5. The maximum Gasteiger partial charge on any atom is 0.218 e. The van der Waals surface area contributed by atoms with Gasteiger partial charge in [-0.05, 0) is 35.4 Å². The van der Waals surface area contributed by atoms with Gasteiger partial charge < -0.3 is 9.47 Å². The SMILES string of the molecule is CCN(Cc1ccc(OC)c(OC)c1)S(=O)(=O)Cc1ccc(Cl)c(Cl)c1. The van der Waals surface area contributed by atoms with E-state index in [1.165, 1.54) is 4.31 Å². The molecule has 26 heavy (non-hydrogen) atoms. The zero-order valence-corrected chi connectivity index (χ0v) is 17.2. The summed E-state index contributed by atoms with van der Waals surface area (Å²) in [5.41, 5.74) is 1.40. The Morgan fingerprint density at radius 2 is 1.58 bits per heavy atom. The van der Waals surface area contributed by atoms with Crippen molar-refractivity contribution >= 4 is 33.2 Å². The summed E-state index contributed by atoms with van der Waals surface area (Å²) in [4.78, 5) is 0. The molecule has 0 unspecified atom stereocenters. The van der Waals surface area contributed by atoms with Crippen LogP contribution in [0.25, 0.3) is 0 Å². The summed E-state index contributed by atoms with van der Waals surface area (Å²) in [6.07, 6.45) is 0. The Hall–Kier alpha value is -1.47. The van der Waals surface area contributed by atoms with Gasteiger partial charge in [0.1, 0.15) is 0 Å². The van der Waals surface area contributed by atoms with E-state index < -0.39 is 10.0 Å². The molecule has 2 aromatic carbocycles. The third-order valence-electron chi connectivity index (χ3n) is 3.89. The van der Waals surface area contributed by atoms with Gasteiger partial charge in [0, 0.05) is 13.1 Å². The first-order valence-electron chi connectivity index (χ1n) is 7.93. The summed E-state index contributed by atoms with van der Waals surface area (Å²) in [7, 11) is -0.434. The zero-order chi connectivity index (χ0) is 19.3. The molecular weight excluding hydrogens is 397 g/mol. The number of ether oxygens (including phenoxy) is 2. The molecule has 0 saturated carbocycles. The molecule has 0 aliphatic rings. The van der Waals surface area contributed by atoms with Crippen LogP contribution in [0, 0.1) is 0 Å². The molecule has 0 atom stereocenters. The van der Waals surface area contributed by atoms with E-state index in [-0.39, 0.29) is 12.3 Å². The molecule has 0 aromatic heterocycles. The average Bonchev–Trinajstić information content (AvgIpc) is 2.62. The fraction of sp³-hybridized carbons (Fsp3) is 0.333. The van der Waals surface area contributed by atoms with Crippen LogP contribution in [0.2, 0.25) is 10.0 Å². The summed E-state index contributed by atoms with van der Waals surface area (Å²) >= 11 is 11.9. The maximum atomic E-state index is 12.8. The average molecular weight is 418 g/mol.